The Balaban J connectivity index is 2.63. The van der Waals surface area contributed by atoms with Gasteiger partial charge in [0.1, 0.15) is 6.54 Å². The number of carbonyl (C=O) groups excluding carboxylic acids is 2. The smallest absolute Gasteiger partial charge is 0.323 e. The normalized spacial score (nSPS) is 18.2. The van der Waals surface area contributed by atoms with Gasteiger partial charge in [-0.05, 0) is 0 Å². The molecule has 1 aliphatic heterocycles. The summed E-state index contributed by atoms with van der Waals surface area (Å²) >= 11 is 0.975. The van der Waals surface area contributed by atoms with E-state index in [2.05, 4.69) is 0 Å². The van der Waals surface area contributed by atoms with Gasteiger partial charge in [0.25, 0.3) is 5.24 Å². The molecule has 12 heavy (non-hydrogen) atoms. The Hall–Kier alpha value is -1.04. The SMILES string of the molecule is O=C(O)CN1C(=O)CCSC1=O. The Bertz CT molecular complexity index is 224. The highest BCUT2D eigenvalue weighted by Crippen LogP contribution is 2.17. The van der Waals surface area contributed by atoms with E-state index < -0.39 is 23.7 Å². The van der Waals surface area contributed by atoms with Gasteiger partial charge in [0.15, 0.2) is 0 Å². The minimum Gasteiger partial charge on any atom is -0.480 e. The van der Waals surface area contributed by atoms with E-state index in [9.17, 15) is 14.4 Å². The fourth-order valence-electron chi connectivity index (χ4n) is 0.828. The van der Waals surface area contributed by atoms with E-state index in [0.29, 0.717) is 5.75 Å². The van der Waals surface area contributed by atoms with Crippen LogP contribution in [0.15, 0.2) is 0 Å². The van der Waals surface area contributed by atoms with Crippen LogP contribution in [0.4, 0.5) is 4.79 Å². The second-order valence-corrected chi connectivity index (χ2v) is 3.28. The maximum absolute atomic E-state index is 11.0. The van der Waals surface area contributed by atoms with Gasteiger partial charge in [-0.2, -0.15) is 0 Å². The van der Waals surface area contributed by atoms with Crippen molar-refractivity contribution >= 4 is 28.9 Å². The van der Waals surface area contributed by atoms with Crippen LogP contribution in [0.2, 0.25) is 0 Å². The molecule has 0 radical (unpaired) electrons. The lowest BCUT2D eigenvalue weighted by Gasteiger charge is -2.21. The average molecular weight is 189 g/mol. The molecule has 0 aromatic carbocycles. The summed E-state index contributed by atoms with van der Waals surface area (Å²) in [6.45, 7) is -0.523. The first-order chi connectivity index (χ1) is 5.61. The maximum atomic E-state index is 11.0. The number of amides is 2. The lowest BCUT2D eigenvalue weighted by Crippen LogP contribution is -2.41. The molecule has 1 rings (SSSR count). The molecule has 0 aromatic rings. The molecule has 0 aliphatic carbocycles. The number of carbonyl (C=O) groups is 3. The Kier molecular flexibility index (Phi) is 2.69. The van der Waals surface area contributed by atoms with Gasteiger partial charge in [-0.25, -0.2) is 0 Å². The highest BCUT2D eigenvalue weighted by Gasteiger charge is 2.28. The summed E-state index contributed by atoms with van der Waals surface area (Å²) in [7, 11) is 0. The topological polar surface area (TPSA) is 74.7 Å². The van der Waals surface area contributed by atoms with Crippen LogP contribution in [-0.4, -0.2) is 39.4 Å². The number of carboxylic acids is 1. The van der Waals surface area contributed by atoms with Gasteiger partial charge in [0.05, 0.1) is 0 Å². The summed E-state index contributed by atoms with van der Waals surface area (Å²) in [5, 5.41) is 7.88. The molecule has 0 spiro atoms. The third kappa shape index (κ3) is 1.97. The van der Waals surface area contributed by atoms with Gasteiger partial charge in [-0.3, -0.25) is 19.3 Å². The summed E-state index contributed by atoms with van der Waals surface area (Å²) < 4.78 is 0. The van der Waals surface area contributed by atoms with Crippen LogP contribution in [-0.2, 0) is 9.59 Å². The Morgan fingerprint density at radius 2 is 2.25 bits per heavy atom. The molecule has 6 heteroatoms. The summed E-state index contributed by atoms with van der Waals surface area (Å²) in [6, 6.07) is 0. The summed E-state index contributed by atoms with van der Waals surface area (Å²) in [4.78, 5) is 32.9. The Labute approximate surface area is 72.7 Å². The molecule has 5 nitrogen and oxygen atoms in total. The minimum absolute atomic E-state index is 0.240. The van der Waals surface area contributed by atoms with Crippen molar-refractivity contribution in [3.8, 4) is 0 Å². The lowest BCUT2D eigenvalue weighted by atomic mass is 10.4. The molecule has 0 atom stereocenters. The molecule has 0 saturated carbocycles. The molecule has 1 fully saturated rings. The van der Waals surface area contributed by atoms with Gasteiger partial charge in [0.2, 0.25) is 5.91 Å². The first kappa shape index (κ1) is 9.05. The molecule has 1 aliphatic rings. The number of thioether (sulfide) groups is 1. The summed E-state index contributed by atoms with van der Waals surface area (Å²) in [5.74, 6) is -1.12. The van der Waals surface area contributed by atoms with Crippen molar-refractivity contribution in [3.63, 3.8) is 0 Å². The van der Waals surface area contributed by atoms with Crippen LogP contribution in [0.25, 0.3) is 0 Å². The standard InChI is InChI=1S/C6H7NO4S/c8-4-1-2-12-6(11)7(4)3-5(9)10/h1-3H2,(H,9,10). The van der Waals surface area contributed by atoms with Gasteiger partial charge >= 0.3 is 5.97 Å². The van der Waals surface area contributed by atoms with E-state index >= 15 is 0 Å². The predicted molar refractivity (Wildman–Crippen MR) is 41.8 cm³/mol. The van der Waals surface area contributed by atoms with Crippen molar-refractivity contribution < 1.29 is 19.5 Å². The first-order valence-electron chi connectivity index (χ1n) is 3.30. The predicted octanol–water partition coefficient (Wildman–Crippen LogP) is 0.157. The number of carboxylic acid groups (broad SMARTS) is 1. The van der Waals surface area contributed by atoms with Crippen molar-refractivity contribution in [1.82, 2.24) is 4.90 Å². The Morgan fingerprint density at radius 3 is 2.75 bits per heavy atom. The third-order valence-corrected chi connectivity index (χ3v) is 2.23. The third-order valence-electron chi connectivity index (χ3n) is 1.36. The first-order valence-corrected chi connectivity index (χ1v) is 4.28. The molecule has 0 bridgehead atoms. The second-order valence-electron chi connectivity index (χ2n) is 2.24. The zero-order valence-electron chi connectivity index (χ0n) is 6.15. The highest BCUT2D eigenvalue weighted by molar-refractivity contribution is 8.13. The van der Waals surface area contributed by atoms with Crippen LogP contribution in [0.1, 0.15) is 6.42 Å². The molecule has 0 unspecified atom stereocenters. The molecule has 66 valence electrons. The van der Waals surface area contributed by atoms with E-state index in [0.717, 1.165) is 16.7 Å². The van der Waals surface area contributed by atoms with Crippen molar-refractivity contribution in [2.24, 2.45) is 0 Å². The van der Waals surface area contributed by atoms with Gasteiger partial charge in [-0.15, -0.1) is 0 Å². The number of nitrogens with zero attached hydrogens (tertiary/aromatic N) is 1. The highest BCUT2D eigenvalue weighted by atomic mass is 32.2. The van der Waals surface area contributed by atoms with Crippen molar-refractivity contribution in [2.75, 3.05) is 12.3 Å². The molecule has 1 N–H and O–H groups in total. The lowest BCUT2D eigenvalue weighted by molar-refractivity contribution is -0.142. The van der Waals surface area contributed by atoms with Crippen molar-refractivity contribution in [1.29, 1.82) is 0 Å². The van der Waals surface area contributed by atoms with Gasteiger partial charge in [0, 0.05) is 12.2 Å². The van der Waals surface area contributed by atoms with Crippen LogP contribution >= 0.6 is 11.8 Å². The summed E-state index contributed by atoms with van der Waals surface area (Å²) in [5.41, 5.74) is 0. The molecular weight excluding hydrogens is 182 g/mol. The van der Waals surface area contributed by atoms with E-state index in [-0.39, 0.29) is 6.42 Å². The molecule has 1 heterocycles. The number of aliphatic carboxylic acids is 1. The number of hydrogen-bond donors (Lipinski definition) is 1. The molecule has 2 amide bonds. The Morgan fingerprint density at radius 1 is 1.58 bits per heavy atom. The fourth-order valence-corrected chi connectivity index (χ4v) is 1.60. The number of imide groups is 1. The molecular formula is C6H7NO4S. The number of rotatable bonds is 2. The van der Waals surface area contributed by atoms with Gasteiger partial charge < -0.3 is 5.11 Å². The van der Waals surface area contributed by atoms with E-state index in [1.807, 2.05) is 0 Å². The van der Waals surface area contributed by atoms with E-state index in [4.69, 9.17) is 5.11 Å². The summed E-state index contributed by atoms with van der Waals surface area (Å²) in [6.07, 6.45) is 0.240. The fraction of sp³-hybridized carbons (Fsp3) is 0.500. The van der Waals surface area contributed by atoms with E-state index in [1.165, 1.54) is 0 Å². The van der Waals surface area contributed by atoms with Crippen LogP contribution in [0.3, 0.4) is 0 Å². The largest absolute Gasteiger partial charge is 0.480 e. The molecule has 1 saturated heterocycles. The number of hydrogen-bond acceptors (Lipinski definition) is 4. The van der Waals surface area contributed by atoms with Crippen LogP contribution < -0.4 is 0 Å². The maximum Gasteiger partial charge on any atom is 0.323 e. The minimum atomic E-state index is -1.17. The zero-order valence-corrected chi connectivity index (χ0v) is 6.97. The van der Waals surface area contributed by atoms with Crippen molar-refractivity contribution in [3.05, 3.63) is 0 Å². The quantitative estimate of drug-likeness (QED) is 0.669. The zero-order chi connectivity index (χ0) is 9.14. The average Bonchev–Trinajstić information content (AvgIpc) is 1.97. The van der Waals surface area contributed by atoms with Crippen molar-refractivity contribution in [2.45, 2.75) is 6.42 Å². The monoisotopic (exact) mass is 189 g/mol. The second kappa shape index (κ2) is 3.57. The van der Waals surface area contributed by atoms with Crippen LogP contribution in [0, 0.1) is 0 Å². The van der Waals surface area contributed by atoms with Crippen LogP contribution in [0.5, 0.6) is 0 Å². The van der Waals surface area contributed by atoms with Gasteiger partial charge in [-0.1, -0.05) is 11.8 Å². The molecule has 0 aromatic heterocycles. The van der Waals surface area contributed by atoms with E-state index in [1.54, 1.807) is 0 Å².